The average molecular weight is 479 g/mol. The Balaban J connectivity index is 1.52. The minimum absolute atomic E-state index is 0.0330. The van der Waals surface area contributed by atoms with E-state index in [4.69, 9.17) is 9.47 Å². The van der Waals surface area contributed by atoms with E-state index in [-0.39, 0.29) is 29.9 Å². The molecule has 0 bridgehead atoms. The monoisotopic (exact) mass is 478 g/mol. The van der Waals surface area contributed by atoms with Gasteiger partial charge in [0.25, 0.3) is 0 Å². The molecule has 198 valence electrons. The third-order valence-corrected chi connectivity index (χ3v) is 8.16. The summed E-state index contributed by atoms with van der Waals surface area (Å²) in [5.41, 5.74) is 0. The molecule has 4 heteroatoms. The summed E-state index contributed by atoms with van der Waals surface area (Å²) in [5, 5.41) is 0. The van der Waals surface area contributed by atoms with Crippen molar-refractivity contribution in [3.63, 3.8) is 0 Å². The first kappa shape index (κ1) is 29.2. The average Bonchev–Trinajstić information content (AvgIpc) is 2.85. The van der Waals surface area contributed by atoms with E-state index >= 15 is 0 Å². The fraction of sp³-hybridized carbons (Fsp3) is 0.933. The second kappa shape index (κ2) is 18.2. The van der Waals surface area contributed by atoms with Crippen molar-refractivity contribution in [2.24, 2.45) is 17.8 Å². The molecule has 2 rings (SSSR count). The molecule has 2 aliphatic carbocycles. The Morgan fingerprint density at radius 3 is 1.65 bits per heavy atom. The zero-order valence-electron chi connectivity index (χ0n) is 22.5. The molecule has 0 saturated heterocycles. The molecule has 4 unspecified atom stereocenters. The third kappa shape index (κ3) is 11.6. The zero-order chi connectivity index (χ0) is 24.4. The Morgan fingerprint density at radius 2 is 1.09 bits per heavy atom. The van der Waals surface area contributed by atoms with Crippen LogP contribution in [0.4, 0.5) is 0 Å². The van der Waals surface area contributed by atoms with Crippen molar-refractivity contribution in [2.75, 3.05) is 6.61 Å². The summed E-state index contributed by atoms with van der Waals surface area (Å²) in [5.74, 6) is -0.495. The summed E-state index contributed by atoms with van der Waals surface area (Å²) in [6, 6.07) is 0. The molecule has 2 saturated carbocycles. The van der Waals surface area contributed by atoms with Gasteiger partial charge in [0.1, 0.15) is 6.10 Å². The third-order valence-electron chi connectivity index (χ3n) is 8.16. The summed E-state index contributed by atoms with van der Waals surface area (Å²) >= 11 is 0. The molecule has 0 amide bonds. The van der Waals surface area contributed by atoms with E-state index in [1.54, 1.807) is 0 Å². The van der Waals surface area contributed by atoms with Crippen LogP contribution < -0.4 is 0 Å². The van der Waals surface area contributed by atoms with Gasteiger partial charge < -0.3 is 9.47 Å². The van der Waals surface area contributed by atoms with Crippen molar-refractivity contribution in [2.45, 2.75) is 155 Å². The highest BCUT2D eigenvalue weighted by Gasteiger charge is 2.39. The molecule has 0 radical (unpaired) electrons. The molecule has 2 aliphatic rings. The largest absolute Gasteiger partial charge is 0.465 e. The van der Waals surface area contributed by atoms with Crippen molar-refractivity contribution in [1.29, 1.82) is 0 Å². The summed E-state index contributed by atoms with van der Waals surface area (Å²) in [6.45, 7) is 4.95. The van der Waals surface area contributed by atoms with Gasteiger partial charge in [-0.1, -0.05) is 110 Å². The first-order valence-corrected chi connectivity index (χ1v) is 15.0. The summed E-state index contributed by atoms with van der Waals surface area (Å²) in [7, 11) is 0. The lowest BCUT2D eigenvalue weighted by molar-refractivity contribution is -0.168. The molecule has 4 nitrogen and oxygen atoms in total. The van der Waals surface area contributed by atoms with Crippen molar-refractivity contribution >= 4 is 11.9 Å². The lowest BCUT2D eigenvalue weighted by Crippen LogP contribution is -2.38. The van der Waals surface area contributed by atoms with Crippen LogP contribution in [0.3, 0.4) is 0 Å². The highest BCUT2D eigenvalue weighted by molar-refractivity contribution is 5.82. The molecule has 0 aliphatic heterocycles. The number of hydrogen-bond donors (Lipinski definition) is 0. The van der Waals surface area contributed by atoms with Crippen LogP contribution in [0.15, 0.2) is 0 Å². The first-order chi connectivity index (χ1) is 16.6. The van der Waals surface area contributed by atoms with E-state index < -0.39 is 0 Å². The highest BCUT2D eigenvalue weighted by Crippen LogP contribution is 2.34. The second-order valence-corrected chi connectivity index (χ2v) is 11.1. The number of carbonyl (C=O) groups excluding carboxylic acids is 2. The van der Waals surface area contributed by atoms with Gasteiger partial charge in [-0.05, 0) is 44.4 Å². The zero-order valence-corrected chi connectivity index (χ0v) is 22.5. The minimum Gasteiger partial charge on any atom is -0.465 e. The van der Waals surface area contributed by atoms with Crippen LogP contribution in [0.5, 0.6) is 0 Å². The number of esters is 2. The lowest BCUT2D eigenvalue weighted by Gasteiger charge is -2.33. The van der Waals surface area contributed by atoms with Crippen molar-refractivity contribution in [1.82, 2.24) is 0 Å². The first-order valence-electron chi connectivity index (χ1n) is 15.0. The summed E-state index contributed by atoms with van der Waals surface area (Å²) in [6.07, 6.45) is 25.0. The van der Waals surface area contributed by atoms with Gasteiger partial charge in [0.15, 0.2) is 0 Å². The molecule has 2 fully saturated rings. The molecule has 0 aromatic heterocycles. The number of ether oxygens (including phenoxy) is 2. The van der Waals surface area contributed by atoms with Crippen LogP contribution in [0.2, 0.25) is 0 Å². The van der Waals surface area contributed by atoms with E-state index in [0.29, 0.717) is 12.5 Å². The maximum Gasteiger partial charge on any atom is 0.310 e. The minimum atomic E-state index is -0.304. The standard InChI is InChI=1S/C30H54O4/c1-3-4-5-6-7-8-9-10-11-12-13-14-19-24-33-29(31)26-21-16-17-22-27(26)30(32)34-28-23-18-15-20-25(28)2/h25-28H,3-24H2,1-2H3. The number of rotatable bonds is 17. The van der Waals surface area contributed by atoms with E-state index in [0.717, 1.165) is 57.8 Å². The van der Waals surface area contributed by atoms with Crippen LogP contribution in [0.1, 0.15) is 149 Å². The molecular formula is C30H54O4. The highest BCUT2D eigenvalue weighted by atomic mass is 16.5. The van der Waals surface area contributed by atoms with E-state index in [2.05, 4.69) is 13.8 Å². The molecule has 34 heavy (non-hydrogen) atoms. The Hall–Kier alpha value is -1.06. The Bertz CT molecular complexity index is 546. The Kier molecular flexibility index (Phi) is 15.7. The molecule has 0 spiro atoms. The van der Waals surface area contributed by atoms with E-state index in [9.17, 15) is 9.59 Å². The van der Waals surface area contributed by atoms with Crippen molar-refractivity contribution in [3.05, 3.63) is 0 Å². The Morgan fingerprint density at radius 1 is 0.618 bits per heavy atom. The lowest BCUT2D eigenvalue weighted by atomic mass is 9.79. The van der Waals surface area contributed by atoms with Gasteiger partial charge in [0.2, 0.25) is 0 Å². The number of carbonyl (C=O) groups is 2. The van der Waals surface area contributed by atoms with Crippen LogP contribution >= 0.6 is 0 Å². The van der Waals surface area contributed by atoms with E-state index in [1.807, 2.05) is 0 Å². The maximum absolute atomic E-state index is 12.9. The predicted molar refractivity (Wildman–Crippen MR) is 140 cm³/mol. The van der Waals surface area contributed by atoms with Crippen LogP contribution in [0, 0.1) is 17.8 Å². The Labute approximate surface area is 210 Å². The summed E-state index contributed by atoms with van der Waals surface area (Å²) in [4.78, 5) is 25.7. The van der Waals surface area contributed by atoms with Crippen molar-refractivity contribution < 1.29 is 19.1 Å². The van der Waals surface area contributed by atoms with Gasteiger partial charge >= 0.3 is 11.9 Å². The molecular weight excluding hydrogens is 424 g/mol. The smallest absolute Gasteiger partial charge is 0.310 e. The quantitative estimate of drug-likeness (QED) is 0.155. The van der Waals surface area contributed by atoms with Gasteiger partial charge in [-0.3, -0.25) is 9.59 Å². The molecule has 0 heterocycles. The predicted octanol–water partition coefficient (Wildman–Crippen LogP) is 8.55. The molecule has 4 atom stereocenters. The van der Waals surface area contributed by atoms with Gasteiger partial charge in [-0.2, -0.15) is 0 Å². The van der Waals surface area contributed by atoms with E-state index in [1.165, 1.54) is 77.0 Å². The molecule has 0 aromatic carbocycles. The van der Waals surface area contributed by atoms with Gasteiger partial charge in [0, 0.05) is 0 Å². The normalized spacial score (nSPS) is 25.1. The van der Waals surface area contributed by atoms with Gasteiger partial charge in [-0.25, -0.2) is 0 Å². The number of hydrogen-bond acceptors (Lipinski definition) is 4. The summed E-state index contributed by atoms with van der Waals surface area (Å²) < 4.78 is 11.5. The van der Waals surface area contributed by atoms with Crippen molar-refractivity contribution in [3.8, 4) is 0 Å². The van der Waals surface area contributed by atoms with Crippen LogP contribution in [0.25, 0.3) is 0 Å². The van der Waals surface area contributed by atoms with Crippen LogP contribution in [-0.2, 0) is 19.1 Å². The number of unbranched alkanes of at least 4 members (excludes halogenated alkanes) is 12. The molecule has 0 aromatic rings. The maximum atomic E-state index is 12.9. The fourth-order valence-electron chi connectivity index (χ4n) is 5.79. The SMILES string of the molecule is CCCCCCCCCCCCCCCOC(=O)C1CCCCC1C(=O)OC1CCCCC1C. The fourth-order valence-corrected chi connectivity index (χ4v) is 5.79. The topological polar surface area (TPSA) is 52.6 Å². The van der Waals surface area contributed by atoms with Gasteiger partial charge in [0.05, 0.1) is 18.4 Å². The van der Waals surface area contributed by atoms with Gasteiger partial charge in [-0.15, -0.1) is 0 Å². The van der Waals surface area contributed by atoms with Crippen LogP contribution in [-0.4, -0.2) is 24.6 Å². The molecule has 0 N–H and O–H groups in total. The second-order valence-electron chi connectivity index (χ2n) is 11.1.